The molecule has 0 radical (unpaired) electrons. The summed E-state index contributed by atoms with van der Waals surface area (Å²) in [6, 6.07) is 0. The van der Waals surface area contributed by atoms with Crippen molar-refractivity contribution < 1.29 is 25.0 Å². The third-order valence-electron chi connectivity index (χ3n) is 0.167. The van der Waals surface area contributed by atoms with Gasteiger partial charge in [-0.2, -0.15) is 0 Å². The molecule has 0 aromatic carbocycles. The fourth-order valence-corrected chi connectivity index (χ4v) is 0. The maximum Gasteiger partial charge on any atom is 2.00 e. The van der Waals surface area contributed by atoms with Crippen LogP contribution in [0.15, 0.2) is 25.3 Å². The quantitative estimate of drug-likeness (QED) is 0.382. The molecule has 0 rings (SSSR count). The van der Waals surface area contributed by atoms with Crippen LogP contribution >= 0.6 is 0 Å². The van der Waals surface area contributed by atoms with Crippen molar-refractivity contribution in [1.82, 2.24) is 0 Å². The molecule has 0 N–H and O–H groups in total. The summed E-state index contributed by atoms with van der Waals surface area (Å²) < 4.78 is 0. The second-order valence-corrected chi connectivity index (χ2v) is 0.471. The van der Waals surface area contributed by atoms with Crippen LogP contribution in [-0.4, -0.2) is 0 Å². The summed E-state index contributed by atoms with van der Waals surface area (Å²) in [5, 5.41) is 0. The van der Waals surface area contributed by atoms with Gasteiger partial charge in [-0.25, -0.2) is 0 Å². The third-order valence-corrected chi connectivity index (χ3v) is 0.167. The second-order valence-electron chi connectivity index (χ2n) is 0.471. The van der Waals surface area contributed by atoms with Crippen molar-refractivity contribution >= 4 is 0 Å². The van der Waals surface area contributed by atoms with E-state index in [9.17, 15) is 0 Å². The fourth-order valence-electron chi connectivity index (χ4n) is 0. The number of rotatable bonds is 1. The zero-order chi connectivity index (χ0) is 3.41. The van der Waals surface area contributed by atoms with Gasteiger partial charge in [0, 0.05) is 0 Å². The van der Waals surface area contributed by atoms with Gasteiger partial charge in [0.15, 0.2) is 0 Å². The number of hydrogen-bond donors (Lipinski definition) is 0. The summed E-state index contributed by atoms with van der Waals surface area (Å²) in [6.07, 6.45) is 3.28. The molecule has 0 amide bonds. The van der Waals surface area contributed by atoms with E-state index in [1.165, 1.54) is 0 Å². The largest absolute Gasteiger partial charge is 2.00 e. The molecule has 0 aliphatic rings. The van der Waals surface area contributed by atoms with Gasteiger partial charge in [-0.3, -0.25) is 0 Å². The summed E-state index contributed by atoms with van der Waals surface area (Å²) in [7, 11) is 0. The Bertz CT molecular complexity index is 28.5. The first kappa shape index (κ1) is 16.6. The summed E-state index contributed by atoms with van der Waals surface area (Å²) >= 11 is 0. The van der Waals surface area contributed by atoms with Crippen LogP contribution in [0.25, 0.3) is 0 Å². The molecule has 30 valence electrons. The molecule has 0 spiro atoms. The van der Waals surface area contributed by atoms with Crippen molar-refractivity contribution in [3.05, 3.63) is 25.3 Å². The van der Waals surface area contributed by atoms with Crippen LogP contribution in [-0.2, 0) is 25.0 Å². The molecule has 0 saturated heterocycles. The molecular weight excluding hydrogens is 129 g/mol. The van der Waals surface area contributed by atoms with E-state index in [1.807, 2.05) is 0 Å². The minimum atomic E-state index is 0. The Balaban J connectivity index is -0.0000000450. The minimum absolute atomic E-state index is 0. The van der Waals surface area contributed by atoms with Gasteiger partial charge in [0.2, 0.25) is 0 Å². The molecule has 0 aliphatic carbocycles. The van der Waals surface area contributed by atoms with Gasteiger partial charge in [0.25, 0.3) is 0 Å². The number of allylic oxidation sites excluding steroid dienone is 2. The normalized spacial score (nSPS) is 3.33. The molecule has 0 fully saturated rings. The van der Waals surface area contributed by atoms with E-state index in [2.05, 4.69) is 13.2 Å². The Kier molecular flexibility index (Phi) is 54.2. The van der Waals surface area contributed by atoms with Crippen LogP contribution in [0.5, 0.6) is 0 Å². The van der Waals surface area contributed by atoms with Crippen molar-refractivity contribution in [2.45, 2.75) is 0 Å². The first-order valence-corrected chi connectivity index (χ1v) is 1.15. The predicted octanol–water partition coefficient (Wildman–Crippen LogP) is 1.24. The van der Waals surface area contributed by atoms with Gasteiger partial charge in [-0.1, -0.05) is 25.3 Å². The molecule has 0 bridgehead atoms. The summed E-state index contributed by atoms with van der Waals surface area (Å²) in [6.45, 7) is 6.72. The minimum Gasteiger partial charge on any atom is -2.00 e. The van der Waals surface area contributed by atoms with Crippen LogP contribution in [0, 0.1) is 0 Å². The smallest absolute Gasteiger partial charge is 2.00 e. The molecule has 0 atom stereocenters. The Hall–Kier alpha value is 0.0634. The van der Waals surface area contributed by atoms with Crippen LogP contribution in [0.3, 0.4) is 0 Å². The Morgan fingerprint density at radius 1 is 1.00 bits per heavy atom. The third kappa shape index (κ3) is 33.7. The van der Waals surface area contributed by atoms with E-state index in [4.69, 9.17) is 0 Å². The van der Waals surface area contributed by atoms with E-state index in [-0.39, 0.29) is 25.0 Å². The van der Waals surface area contributed by atoms with Crippen LogP contribution in [0.4, 0.5) is 0 Å². The van der Waals surface area contributed by atoms with Crippen molar-refractivity contribution in [2.75, 3.05) is 0 Å². The molecule has 1 nitrogen and oxygen atoms in total. The maximum atomic E-state index is 3.36. The SMILES string of the molecule is C=CC=C.[O-2].[Zn+2]. The number of hydrogen-bond acceptors (Lipinski definition) is 0. The zero-order valence-corrected chi connectivity index (χ0v) is 6.65. The molecule has 0 heterocycles. The van der Waals surface area contributed by atoms with Crippen molar-refractivity contribution in [2.24, 2.45) is 0 Å². The predicted molar refractivity (Wildman–Crippen MR) is 21.1 cm³/mol. The summed E-state index contributed by atoms with van der Waals surface area (Å²) in [5.41, 5.74) is 0. The molecule has 6 heavy (non-hydrogen) atoms. The van der Waals surface area contributed by atoms with Gasteiger partial charge in [-0.05, 0) is 0 Å². The standard InChI is InChI=1S/C4H6.O.Zn/c1-3-4-2;;/h3-4H,1-2H2;;/q;-2;+2. The van der Waals surface area contributed by atoms with Gasteiger partial charge >= 0.3 is 19.5 Å². The molecule has 2 heteroatoms. The van der Waals surface area contributed by atoms with Crippen molar-refractivity contribution in [1.29, 1.82) is 0 Å². The Labute approximate surface area is 50.8 Å². The van der Waals surface area contributed by atoms with Gasteiger partial charge < -0.3 is 5.48 Å². The fraction of sp³-hybridized carbons (Fsp3) is 0. The Morgan fingerprint density at radius 2 is 1.17 bits per heavy atom. The van der Waals surface area contributed by atoms with E-state index in [0.29, 0.717) is 0 Å². The molecule has 0 aromatic heterocycles. The molecule has 0 unspecified atom stereocenters. The summed E-state index contributed by atoms with van der Waals surface area (Å²) in [5.74, 6) is 0. The average molecular weight is 135 g/mol. The monoisotopic (exact) mass is 134 g/mol. The summed E-state index contributed by atoms with van der Waals surface area (Å²) in [4.78, 5) is 0. The average Bonchev–Trinajstić information content (AvgIpc) is 1.37. The Morgan fingerprint density at radius 3 is 1.17 bits per heavy atom. The van der Waals surface area contributed by atoms with Gasteiger partial charge in [-0.15, -0.1) is 0 Å². The van der Waals surface area contributed by atoms with Crippen LogP contribution in [0.1, 0.15) is 0 Å². The zero-order valence-electron chi connectivity index (χ0n) is 3.68. The topological polar surface area (TPSA) is 28.5 Å². The van der Waals surface area contributed by atoms with Crippen molar-refractivity contribution in [3.8, 4) is 0 Å². The van der Waals surface area contributed by atoms with E-state index in [1.54, 1.807) is 12.2 Å². The molecule has 0 saturated carbocycles. The van der Waals surface area contributed by atoms with Gasteiger partial charge in [0.05, 0.1) is 0 Å². The first-order chi connectivity index (χ1) is 1.91. The molecular formula is C4H6OZn. The second kappa shape index (κ2) is 19.6. The van der Waals surface area contributed by atoms with E-state index >= 15 is 0 Å². The van der Waals surface area contributed by atoms with E-state index in [0.717, 1.165) is 0 Å². The van der Waals surface area contributed by atoms with Gasteiger partial charge in [0.1, 0.15) is 0 Å². The molecule has 0 aliphatic heterocycles. The van der Waals surface area contributed by atoms with Crippen molar-refractivity contribution in [3.63, 3.8) is 0 Å². The van der Waals surface area contributed by atoms with Crippen LogP contribution < -0.4 is 0 Å². The van der Waals surface area contributed by atoms with Crippen LogP contribution in [0.2, 0.25) is 0 Å². The maximum absolute atomic E-state index is 3.36. The molecule has 0 aromatic rings. The first-order valence-electron chi connectivity index (χ1n) is 1.15. The van der Waals surface area contributed by atoms with E-state index < -0.39 is 0 Å².